The van der Waals surface area contributed by atoms with Crippen LogP contribution in [0.4, 0.5) is 8.78 Å². The summed E-state index contributed by atoms with van der Waals surface area (Å²) >= 11 is 0. The number of nitrogens with one attached hydrogen (secondary N) is 1. The lowest BCUT2D eigenvalue weighted by atomic mass is 9.44. The molecule has 0 aromatic rings. The molecular formula is C28H38F2N2O7. The molecule has 10 atom stereocenters. The number of rotatable bonds is 8. The van der Waals surface area contributed by atoms with Gasteiger partial charge in [0.05, 0.1) is 18.8 Å². The Morgan fingerprint density at radius 3 is 2.72 bits per heavy atom. The third-order valence-electron chi connectivity index (χ3n) is 10.2. The van der Waals surface area contributed by atoms with E-state index in [-0.39, 0.29) is 38.1 Å². The summed E-state index contributed by atoms with van der Waals surface area (Å²) in [6.45, 7) is 4.43. The zero-order chi connectivity index (χ0) is 28.4. The summed E-state index contributed by atoms with van der Waals surface area (Å²) in [5.74, 6) is -2.80. The SMILES string of the molecule is CCCC1O[C@@H]2CC3[C@@H]4C[C@H](F)C5=CC(=O)C=C[C@]5(C)[C@@]4(F)[C@@H](O)C[C@]3(C)[C@]2(C(=O)COCNC(=O)CN)O1. The van der Waals surface area contributed by atoms with Crippen molar-refractivity contribution in [2.24, 2.45) is 28.4 Å². The van der Waals surface area contributed by atoms with E-state index in [4.69, 9.17) is 19.9 Å². The maximum atomic E-state index is 17.4. The van der Waals surface area contributed by atoms with Crippen molar-refractivity contribution in [3.05, 3.63) is 23.8 Å². The number of carbonyl (C=O) groups excluding carboxylic acids is 3. The fourth-order valence-corrected chi connectivity index (χ4v) is 8.34. The van der Waals surface area contributed by atoms with E-state index in [1.165, 1.54) is 19.1 Å². The molecule has 0 bridgehead atoms. The molecule has 216 valence electrons. The van der Waals surface area contributed by atoms with E-state index in [2.05, 4.69) is 5.32 Å². The number of carbonyl (C=O) groups is 3. The molecule has 4 N–H and O–H groups in total. The number of alkyl halides is 2. The first-order valence-corrected chi connectivity index (χ1v) is 13.8. The molecule has 5 rings (SSSR count). The van der Waals surface area contributed by atoms with Crippen LogP contribution in [0.15, 0.2) is 23.8 Å². The Labute approximate surface area is 226 Å². The van der Waals surface area contributed by atoms with Gasteiger partial charge in [0.25, 0.3) is 0 Å². The number of Topliss-reactive ketones (excluding diaryl/α,β-unsaturated/α-hetero) is 1. The number of hydrogen-bond acceptors (Lipinski definition) is 8. The number of amides is 1. The van der Waals surface area contributed by atoms with E-state index >= 15 is 8.78 Å². The molecule has 11 heteroatoms. The number of nitrogens with two attached hydrogens (primary N) is 1. The van der Waals surface area contributed by atoms with Crippen LogP contribution in [0.5, 0.6) is 0 Å². The summed E-state index contributed by atoms with van der Waals surface area (Å²) in [6.07, 6.45) is 0.408. The van der Waals surface area contributed by atoms with Gasteiger partial charge in [-0.15, -0.1) is 0 Å². The topological polar surface area (TPSA) is 137 Å². The van der Waals surface area contributed by atoms with Gasteiger partial charge in [-0.1, -0.05) is 26.3 Å². The van der Waals surface area contributed by atoms with Crippen LogP contribution in [0.1, 0.15) is 52.9 Å². The van der Waals surface area contributed by atoms with Crippen LogP contribution in [0, 0.1) is 22.7 Å². The molecule has 0 spiro atoms. The molecule has 1 saturated heterocycles. The molecule has 3 saturated carbocycles. The number of aliphatic hydroxyl groups excluding tert-OH is 1. The Morgan fingerprint density at radius 1 is 1.28 bits per heavy atom. The zero-order valence-electron chi connectivity index (χ0n) is 22.6. The van der Waals surface area contributed by atoms with Gasteiger partial charge in [-0.3, -0.25) is 14.4 Å². The molecule has 0 aromatic heterocycles. The third-order valence-corrected chi connectivity index (χ3v) is 10.2. The maximum Gasteiger partial charge on any atom is 0.235 e. The lowest BCUT2D eigenvalue weighted by Gasteiger charge is -2.63. The van der Waals surface area contributed by atoms with Crippen molar-refractivity contribution in [3.8, 4) is 0 Å². The first-order valence-electron chi connectivity index (χ1n) is 13.8. The highest BCUT2D eigenvalue weighted by Crippen LogP contribution is 2.72. The highest BCUT2D eigenvalue weighted by Gasteiger charge is 2.79. The minimum Gasteiger partial charge on any atom is -0.390 e. The molecule has 4 aliphatic carbocycles. The average molecular weight is 553 g/mol. The van der Waals surface area contributed by atoms with Crippen molar-refractivity contribution in [2.75, 3.05) is 19.9 Å². The molecule has 1 aliphatic heterocycles. The molecular weight excluding hydrogens is 514 g/mol. The molecule has 1 amide bonds. The third kappa shape index (κ3) is 3.83. The largest absolute Gasteiger partial charge is 0.390 e. The van der Waals surface area contributed by atoms with Gasteiger partial charge in [0.15, 0.2) is 29.1 Å². The van der Waals surface area contributed by atoms with Crippen molar-refractivity contribution < 1.29 is 42.5 Å². The number of halogens is 2. The molecule has 5 aliphatic rings. The van der Waals surface area contributed by atoms with E-state index in [9.17, 15) is 19.5 Å². The summed E-state index contributed by atoms with van der Waals surface area (Å²) in [5.41, 5.74) is -1.09. The van der Waals surface area contributed by atoms with Gasteiger partial charge >= 0.3 is 0 Å². The lowest BCUT2D eigenvalue weighted by Crippen LogP contribution is -2.71. The van der Waals surface area contributed by atoms with Gasteiger partial charge in [-0.25, -0.2) is 8.78 Å². The van der Waals surface area contributed by atoms with Crippen molar-refractivity contribution in [1.29, 1.82) is 0 Å². The normalized spacial score (nSPS) is 46.1. The van der Waals surface area contributed by atoms with Gasteiger partial charge in [0.1, 0.15) is 19.5 Å². The molecule has 0 radical (unpaired) electrons. The van der Waals surface area contributed by atoms with Crippen molar-refractivity contribution in [3.63, 3.8) is 0 Å². The van der Waals surface area contributed by atoms with Crippen LogP contribution in [-0.2, 0) is 28.6 Å². The summed E-state index contributed by atoms with van der Waals surface area (Å²) < 4.78 is 51.2. The monoisotopic (exact) mass is 552 g/mol. The van der Waals surface area contributed by atoms with Gasteiger partial charge in [0, 0.05) is 16.7 Å². The zero-order valence-corrected chi connectivity index (χ0v) is 22.6. The van der Waals surface area contributed by atoms with Gasteiger partial charge < -0.3 is 30.4 Å². The average Bonchev–Trinajstić information content (AvgIpc) is 3.37. The minimum atomic E-state index is -2.27. The Balaban J connectivity index is 1.51. The molecule has 4 fully saturated rings. The van der Waals surface area contributed by atoms with Gasteiger partial charge in [-0.05, 0) is 56.3 Å². The van der Waals surface area contributed by atoms with Crippen LogP contribution < -0.4 is 11.1 Å². The number of ketones is 2. The highest BCUT2D eigenvalue weighted by atomic mass is 19.1. The molecule has 0 aromatic carbocycles. The summed E-state index contributed by atoms with van der Waals surface area (Å²) in [6, 6.07) is 0. The Bertz CT molecular complexity index is 1120. The van der Waals surface area contributed by atoms with Crippen LogP contribution >= 0.6 is 0 Å². The van der Waals surface area contributed by atoms with Gasteiger partial charge in [-0.2, -0.15) is 0 Å². The van der Waals surface area contributed by atoms with Crippen LogP contribution in [0.3, 0.4) is 0 Å². The Morgan fingerprint density at radius 2 is 2.03 bits per heavy atom. The smallest absolute Gasteiger partial charge is 0.235 e. The first-order chi connectivity index (χ1) is 18.4. The minimum absolute atomic E-state index is 0.0452. The van der Waals surface area contributed by atoms with E-state index in [0.29, 0.717) is 6.42 Å². The fourth-order valence-electron chi connectivity index (χ4n) is 8.34. The number of fused-ring (bicyclic) bond motifs is 7. The van der Waals surface area contributed by atoms with Crippen LogP contribution in [-0.4, -0.2) is 78.4 Å². The second-order valence-electron chi connectivity index (χ2n) is 12.0. The van der Waals surface area contributed by atoms with Crippen LogP contribution in [0.2, 0.25) is 0 Å². The van der Waals surface area contributed by atoms with Crippen LogP contribution in [0.25, 0.3) is 0 Å². The number of aliphatic hydroxyl groups is 1. The van der Waals surface area contributed by atoms with E-state index < -0.39 is 82.7 Å². The second kappa shape index (κ2) is 9.80. The van der Waals surface area contributed by atoms with E-state index in [1.54, 1.807) is 6.92 Å². The maximum absolute atomic E-state index is 17.4. The summed E-state index contributed by atoms with van der Waals surface area (Å²) in [7, 11) is 0. The quantitative estimate of drug-likeness (QED) is 0.306. The summed E-state index contributed by atoms with van der Waals surface area (Å²) in [5, 5.41) is 14.0. The molecule has 1 heterocycles. The highest BCUT2D eigenvalue weighted by molar-refractivity contribution is 6.01. The van der Waals surface area contributed by atoms with Crippen molar-refractivity contribution in [1.82, 2.24) is 5.32 Å². The standard InChI is InChI=1S/C28H38F2N2O7/c1-4-5-24-38-22-10-16-17-9-19(29)18-8-15(33)6-7-25(18,2)27(17,30)20(34)11-26(16,3)28(22,39-24)21(35)13-37-14-32-23(36)12-31/h6-8,16-17,19-20,22,24,34H,4-5,9-14,31H2,1-3H3,(H,32,36)/t16?,17-,19-,20-,22+,24?,25-,26-,27-,28+/m0/s1. The Kier molecular flexibility index (Phi) is 7.15. The molecule has 39 heavy (non-hydrogen) atoms. The van der Waals surface area contributed by atoms with Gasteiger partial charge in [0.2, 0.25) is 5.91 Å². The van der Waals surface area contributed by atoms with E-state index in [0.717, 1.165) is 12.5 Å². The van der Waals surface area contributed by atoms with Crippen molar-refractivity contribution in [2.45, 2.75) is 88.8 Å². The Hall–Kier alpha value is -2.05. The number of hydrogen-bond donors (Lipinski definition) is 3. The lowest BCUT2D eigenvalue weighted by molar-refractivity contribution is -0.235. The predicted molar refractivity (Wildman–Crippen MR) is 134 cm³/mol. The second-order valence-corrected chi connectivity index (χ2v) is 12.0. The number of ether oxygens (including phenoxy) is 3. The predicted octanol–water partition coefficient (Wildman–Crippen LogP) is 1.81. The summed E-state index contributed by atoms with van der Waals surface area (Å²) in [4.78, 5) is 37.4. The van der Waals surface area contributed by atoms with E-state index in [1.807, 2.05) is 6.92 Å². The van der Waals surface area contributed by atoms with Crippen molar-refractivity contribution >= 4 is 17.5 Å². The molecule has 2 unspecified atom stereocenters. The first kappa shape index (κ1) is 28.5. The number of allylic oxidation sites excluding steroid dienone is 4. The molecule has 9 nitrogen and oxygen atoms in total. The fraction of sp³-hybridized carbons (Fsp3) is 0.750.